The number of imidazole rings is 1. The minimum atomic E-state index is 0.730. The molecule has 0 aliphatic heterocycles. The molecule has 2 aromatic heterocycles. The van der Waals surface area contributed by atoms with Gasteiger partial charge in [0.2, 0.25) is 0 Å². The van der Waals surface area contributed by atoms with E-state index in [1.165, 1.54) is 5.52 Å². The zero-order valence-corrected chi connectivity index (χ0v) is 10.2. The second kappa shape index (κ2) is 5.30. The Balaban J connectivity index is 2.29. The quantitative estimate of drug-likeness (QED) is 0.591. The molecule has 0 aliphatic carbocycles. The number of rotatable bonds is 5. The summed E-state index contributed by atoms with van der Waals surface area (Å²) in [6.07, 6.45) is 6.79. The predicted octanol–water partition coefficient (Wildman–Crippen LogP) is 3.01. The van der Waals surface area contributed by atoms with Crippen molar-refractivity contribution in [2.75, 3.05) is 5.88 Å². The number of fused-ring (bicyclic) bond motifs is 1. The molecule has 0 atom stereocenters. The van der Waals surface area contributed by atoms with Crippen LogP contribution < -0.4 is 0 Å². The monoisotopic (exact) mass is 237 g/mol. The number of nitrogens with zero attached hydrogens (tertiary/aromatic N) is 3. The highest BCUT2D eigenvalue weighted by molar-refractivity contribution is 6.17. The summed E-state index contributed by atoms with van der Waals surface area (Å²) in [6, 6.07) is 2.02. The zero-order valence-electron chi connectivity index (χ0n) is 9.49. The van der Waals surface area contributed by atoms with Gasteiger partial charge in [-0.2, -0.15) is 0 Å². The number of pyridine rings is 1. The van der Waals surface area contributed by atoms with Crippen LogP contribution in [0.2, 0.25) is 0 Å². The molecule has 2 aromatic rings. The summed E-state index contributed by atoms with van der Waals surface area (Å²) in [4.78, 5) is 8.71. The van der Waals surface area contributed by atoms with E-state index < -0.39 is 0 Å². The minimum absolute atomic E-state index is 0.730. The van der Waals surface area contributed by atoms with E-state index in [9.17, 15) is 0 Å². The van der Waals surface area contributed by atoms with Crippen LogP contribution in [0.4, 0.5) is 0 Å². The third-order valence-electron chi connectivity index (χ3n) is 2.73. The average molecular weight is 238 g/mol. The Kier molecular flexibility index (Phi) is 3.78. The summed E-state index contributed by atoms with van der Waals surface area (Å²) in [5.74, 6) is 1.88. The van der Waals surface area contributed by atoms with Crippen LogP contribution in [0.3, 0.4) is 0 Å². The van der Waals surface area contributed by atoms with Gasteiger partial charge in [0.05, 0.1) is 11.7 Å². The van der Waals surface area contributed by atoms with Crippen molar-refractivity contribution in [3.8, 4) is 0 Å². The summed E-state index contributed by atoms with van der Waals surface area (Å²) in [7, 11) is 0. The number of hydrogen-bond donors (Lipinski definition) is 0. The van der Waals surface area contributed by atoms with Crippen molar-refractivity contribution in [1.82, 2.24) is 14.5 Å². The second-order valence-electron chi connectivity index (χ2n) is 3.78. The fourth-order valence-corrected chi connectivity index (χ4v) is 2.14. The standard InChI is InChI=1S/C12H16ClN3/c1-2-16-11-6-8-14-9-10(11)15-12(16)5-3-4-7-13/h6,8-9H,2-5,7H2,1H3. The van der Waals surface area contributed by atoms with Crippen LogP contribution in [0.5, 0.6) is 0 Å². The molecule has 0 fully saturated rings. The van der Waals surface area contributed by atoms with E-state index in [1.807, 2.05) is 18.5 Å². The van der Waals surface area contributed by atoms with E-state index in [0.29, 0.717) is 0 Å². The number of unbranched alkanes of at least 4 members (excludes halogenated alkanes) is 1. The number of halogens is 1. The second-order valence-corrected chi connectivity index (χ2v) is 4.16. The molecule has 2 heterocycles. The highest BCUT2D eigenvalue weighted by Gasteiger charge is 2.08. The number of alkyl halides is 1. The van der Waals surface area contributed by atoms with Gasteiger partial charge >= 0.3 is 0 Å². The summed E-state index contributed by atoms with van der Waals surface area (Å²) >= 11 is 5.68. The molecule has 86 valence electrons. The molecule has 0 amide bonds. The van der Waals surface area contributed by atoms with Crippen molar-refractivity contribution in [3.05, 3.63) is 24.3 Å². The molecule has 0 N–H and O–H groups in total. The maximum atomic E-state index is 5.68. The van der Waals surface area contributed by atoms with Crippen molar-refractivity contribution in [3.63, 3.8) is 0 Å². The first-order valence-electron chi connectivity index (χ1n) is 5.72. The lowest BCUT2D eigenvalue weighted by Gasteiger charge is -2.04. The summed E-state index contributed by atoms with van der Waals surface area (Å²) < 4.78 is 2.26. The van der Waals surface area contributed by atoms with Crippen molar-refractivity contribution < 1.29 is 0 Å². The number of aromatic nitrogens is 3. The molecule has 3 nitrogen and oxygen atoms in total. The van der Waals surface area contributed by atoms with Crippen LogP contribution in [0.1, 0.15) is 25.6 Å². The smallest absolute Gasteiger partial charge is 0.109 e. The van der Waals surface area contributed by atoms with Crippen molar-refractivity contribution in [1.29, 1.82) is 0 Å². The van der Waals surface area contributed by atoms with E-state index in [1.54, 1.807) is 0 Å². The van der Waals surface area contributed by atoms with Gasteiger partial charge in [-0.3, -0.25) is 4.98 Å². The van der Waals surface area contributed by atoms with E-state index in [-0.39, 0.29) is 0 Å². The Labute approximate surface area is 100 Å². The van der Waals surface area contributed by atoms with Gasteiger partial charge in [0, 0.05) is 25.0 Å². The van der Waals surface area contributed by atoms with Crippen LogP contribution in [0.25, 0.3) is 11.0 Å². The Morgan fingerprint density at radius 1 is 1.38 bits per heavy atom. The van der Waals surface area contributed by atoms with Crippen LogP contribution in [-0.2, 0) is 13.0 Å². The summed E-state index contributed by atoms with van der Waals surface area (Å²) in [5, 5.41) is 0. The Morgan fingerprint density at radius 2 is 2.25 bits per heavy atom. The fourth-order valence-electron chi connectivity index (χ4n) is 1.95. The van der Waals surface area contributed by atoms with Crippen LogP contribution in [0, 0.1) is 0 Å². The third-order valence-corrected chi connectivity index (χ3v) is 3.00. The van der Waals surface area contributed by atoms with Crippen molar-refractivity contribution in [2.24, 2.45) is 0 Å². The molecule has 2 rings (SSSR count). The lowest BCUT2D eigenvalue weighted by atomic mass is 10.2. The first-order valence-corrected chi connectivity index (χ1v) is 6.25. The van der Waals surface area contributed by atoms with Gasteiger partial charge in [-0.1, -0.05) is 0 Å². The molecule has 0 bridgehead atoms. The average Bonchev–Trinajstić information content (AvgIpc) is 2.67. The molecule has 0 unspecified atom stereocenters. The normalized spacial score (nSPS) is 11.1. The van der Waals surface area contributed by atoms with Gasteiger partial charge < -0.3 is 4.57 Å². The summed E-state index contributed by atoms with van der Waals surface area (Å²) in [6.45, 7) is 3.10. The molecule has 0 saturated carbocycles. The van der Waals surface area contributed by atoms with Gasteiger partial charge in [-0.05, 0) is 25.8 Å². The number of aryl methyl sites for hydroxylation is 2. The Morgan fingerprint density at radius 3 is 3.00 bits per heavy atom. The maximum absolute atomic E-state index is 5.68. The Hall–Kier alpha value is -1.09. The molecule has 0 aliphatic rings. The minimum Gasteiger partial charge on any atom is -0.328 e. The van der Waals surface area contributed by atoms with E-state index in [0.717, 1.165) is 43.0 Å². The van der Waals surface area contributed by atoms with Crippen LogP contribution in [0.15, 0.2) is 18.5 Å². The zero-order chi connectivity index (χ0) is 11.4. The molecule has 0 aromatic carbocycles. The van der Waals surface area contributed by atoms with Crippen LogP contribution >= 0.6 is 11.6 Å². The molecule has 0 saturated heterocycles. The SMILES string of the molecule is CCn1c(CCCCCl)nc2cnccc21. The maximum Gasteiger partial charge on any atom is 0.109 e. The summed E-state index contributed by atoms with van der Waals surface area (Å²) in [5.41, 5.74) is 2.17. The predicted molar refractivity (Wildman–Crippen MR) is 66.9 cm³/mol. The van der Waals surface area contributed by atoms with Gasteiger partial charge in [-0.25, -0.2) is 4.98 Å². The van der Waals surface area contributed by atoms with Gasteiger partial charge in [0.15, 0.2) is 0 Å². The Bertz CT molecular complexity index is 464. The number of hydrogen-bond acceptors (Lipinski definition) is 2. The van der Waals surface area contributed by atoms with E-state index in [2.05, 4.69) is 21.5 Å². The lowest BCUT2D eigenvalue weighted by molar-refractivity contribution is 0.677. The first kappa shape index (κ1) is 11.4. The molecule has 0 radical (unpaired) electrons. The fraction of sp³-hybridized carbons (Fsp3) is 0.500. The third kappa shape index (κ3) is 2.19. The van der Waals surface area contributed by atoms with E-state index >= 15 is 0 Å². The molecule has 16 heavy (non-hydrogen) atoms. The largest absolute Gasteiger partial charge is 0.328 e. The topological polar surface area (TPSA) is 30.7 Å². The van der Waals surface area contributed by atoms with Gasteiger partial charge in [0.1, 0.15) is 11.3 Å². The van der Waals surface area contributed by atoms with E-state index in [4.69, 9.17) is 11.6 Å². The lowest BCUT2D eigenvalue weighted by Crippen LogP contribution is -2.01. The highest BCUT2D eigenvalue weighted by Crippen LogP contribution is 2.16. The van der Waals surface area contributed by atoms with Crippen LogP contribution in [-0.4, -0.2) is 20.4 Å². The highest BCUT2D eigenvalue weighted by atomic mass is 35.5. The van der Waals surface area contributed by atoms with Gasteiger partial charge in [0.25, 0.3) is 0 Å². The molecule has 0 spiro atoms. The van der Waals surface area contributed by atoms with Gasteiger partial charge in [-0.15, -0.1) is 11.6 Å². The van der Waals surface area contributed by atoms with Crippen molar-refractivity contribution in [2.45, 2.75) is 32.7 Å². The molecule has 4 heteroatoms. The van der Waals surface area contributed by atoms with Crippen molar-refractivity contribution >= 4 is 22.6 Å². The molecular formula is C12H16ClN3. The first-order chi connectivity index (χ1) is 7.86. The molecular weight excluding hydrogens is 222 g/mol.